The molecule has 0 aliphatic carbocycles. The molecule has 3 unspecified atom stereocenters. The summed E-state index contributed by atoms with van der Waals surface area (Å²) in [7, 11) is 1.23. The lowest BCUT2D eigenvalue weighted by Crippen LogP contribution is -2.45. The third-order valence-corrected chi connectivity index (χ3v) is 11.2. The van der Waals surface area contributed by atoms with Gasteiger partial charge in [0.1, 0.15) is 13.2 Å². The maximum Gasteiger partial charge on any atom is 0.268 e. The average molecular weight is 823 g/mol. The Hall–Kier alpha value is -1.54. The zero-order chi connectivity index (χ0) is 42.1. The van der Waals surface area contributed by atoms with Gasteiger partial charge in [0, 0.05) is 6.42 Å². The fraction of sp³-hybridized carbons (Fsp3) is 0.812. The molecule has 0 aromatic carbocycles. The molecule has 0 aliphatic rings. The monoisotopic (exact) mass is 823 g/mol. The van der Waals surface area contributed by atoms with Gasteiger partial charge in [0.05, 0.1) is 39.9 Å². The Labute approximate surface area is 352 Å². The Balaban J connectivity index is 4.49. The number of nitrogens with one attached hydrogen (secondary N) is 1. The largest absolute Gasteiger partial charge is 0.756 e. The number of nitrogens with zero attached hydrogens (tertiary/aromatic N) is 1. The minimum atomic E-state index is -4.60. The predicted molar refractivity (Wildman–Crippen MR) is 242 cm³/mol. The Bertz CT molecular complexity index is 1070. The van der Waals surface area contributed by atoms with Crippen molar-refractivity contribution in [2.45, 2.75) is 212 Å². The standard InChI is InChI=1S/C48H91N2O6P/c1-6-8-10-12-14-16-18-20-22-24-25-26-27-29-31-33-35-37-39-41-47(51)46(45-56-57(53,54)55-44-43-50(3,4)5)49-48(52)42-40-38-36-34-32-30-28-23-21-19-17-15-13-11-9-7-2/h23,25-26,28,31,33,39,41,46-47,51H,6-22,24,27,29-30,32,34-38,40,42-45H2,1-5H3,(H-,49,52,53,54)/b26-25+,28-23-,33-31+,41-39+. The summed E-state index contributed by atoms with van der Waals surface area (Å²) in [6.45, 7) is 4.60. The van der Waals surface area contributed by atoms with Crippen LogP contribution in [-0.2, 0) is 18.4 Å². The van der Waals surface area contributed by atoms with E-state index in [1.807, 2.05) is 27.2 Å². The molecule has 0 saturated heterocycles. The third kappa shape index (κ3) is 42.4. The Morgan fingerprint density at radius 1 is 0.596 bits per heavy atom. The van der Waals surface area contributed by atoms with Gasteiger partial charge in [-0.05, 0) is 70.6 Å². The highest BCUT2D eigenvalue weighted by Gasteiger charge is 2.23. The number of allylic oxidation sites excluding steroid dienone is 7. The number of rotatable bonds is 42. The van der Waals surface area contributed by atoms with Crippen LogP contribution in [-0.4, -0.2) is 68.5 Å². The first-order chi connectivity index (χ1) is 27.5. The van der Waals surface area contributed by atoms with Crippen molar-refractivity contribution in [3.05, 3.63) is 48.6 Å². The molecule has 0 rings (SSSR count). The van der Waals surface area contributed by atoms with E-state index in [1.165, 1.54) is 116 Å². The molecule has 0 radical (unpaired) electrons. The zero-order valence-electron chi connectivity index (χ0n) is 37.8. The van der Waals surface area contributed by atoms with E-state index in [9.17, 15) is 19.4 Å². The van der Waals surface area contributed by atoms with E-state index in [0.717, 1.165) is 64.2 Å². The van der Waals surface area contributed by atoms with Crippen molar-refractivity contribution >= 4 is 13.7 Å². The SMILES string of the molecule is CCCCCCCCC/C=C\CCCCCCCC(=O)NC(COP(=O)([O-])OCC[N+](C)(C)C)C(O)/C=C/CC/C=C/CC/C=C/CCCCCCCCCCC. The van der Waals surface area contributed by atoms with Crippen molar-refractivity contribution in [3.8, 4) is 0 Å². The van der Waals surface area contributed by atoms with E-state index < -0.39 is 26.6 Å². The molecular weight excluding hydrogens is 732 g/mol. The Morgan fingerprint density at radius 2 is 0.982 bits per heavy atom. The number of unbranched alkanes of at least 4 members (excludes halogenated alkanes) is 23. The summed E-state index contributed by atoms with van der Waals surface area (Å²) >= 11 is 0. The lowest BCUT2D eigenvalue weighted by Gasteiger charge is -2.29. The first kappa shape index (κ1) is 55.5. The van der Waals surface area contributed by atoms with Gasteiger partial charge in [0.25, 0.3) is 7.82 Å². The van der Waals surface area contributed by atoms with Crippen LogP contribution in [0.25, 0.3) is 0 Å². The highest BCUT2D eigenvalue weighted by Crippen LogP contribution is 2.38. The van der Waals surface area contributed by atoms with E-state index in [2.05, 4.69) is 55.6 Å². The predicted octanol–water partition coefficient (Wildman–Crippen LogP) is 12.6. The van der Waals surface area contributed by atoms with Gasteiger partial charge in [-0.3, -0.25) is 9.36 Å². The fourth-order valence-corrected chi connectivity index (χ4v) is 7.19. The summed E-state index contributed by atoms with van der Waals surface area (Å²) in [6.07, 6.45) is 50.2. The molecule has 2 N–H and O–H groups in total. The average Bonchev–Trinajstić information content (AvgIpc) is 3.16. The Morgan fingerprint density at radius 3 is 1.42 bits per heavy atom. The fourth-order valence-electron chi connectivity index (χ4n) is 6.47. The highest BCUT2D eigenvalue weighted by atomic mass is 31.2. The van der Waals surface area contributed by atoms with Crippen LogP contribution < -0.4 is 10.2 Å². The van der Waals surface area contributed by atoms with Crippen LogP contribution in [0.2, 0.25) is 0 Å². The molecule has 9 heteroatoms. The highest BCUT2D eigenvalue weighted by molar-refractivity contribution is 7.45. The molecule has 0 saturated carbocycles. The minimum Gasteiger partial charge on any atom is -0.756 e. The third-order valence-electron chi connectivity index (χ3n) is 10.2. The summed E-state index contributed by atoms with van der Waals surface area (Å²) in [5, 5.41) is 13.8. The lowest BCUT2D eigenvalue weighted by molar-refractivity contribution is -0.870. The van der Waals surface area contributed by atoms with Crippen molar-refractivity contribution < 1.29 is 32.9 Å². The number of hydrogen-bond donors (Lipinski definition) is 2. The number of phosphoric acid groups is 1. The topological polar surface area (TPSA) is 108 Å². The molecule has 8 nitrogen and oxygen atoms in total. The van der Waals surface area contributed by atoms with Gasteiger partial charge in [-0.2, -0.15) is 0 Å². The van der Waals surface area contributed by atoms with Gasteiger partial charge in [-0.1, -0.05) is 172 Å². The van der Waals surface area contributed by atoms with Crippen molar-refractivity contribution in [2.24, 2.45) is 0 Å². The molecule has 0 spiro atoms. The number of aliphatic hydroxyl groups excluding tert-OH is 1. The minimum absolute atomic E-state index is 0.0114. The van der Waals surface area contributed by atoms with E-state index in [0.29, 0.717) is 17.4 Å². The normalized spacial score (nSPS) is 14.7. The van der Waals surface area contributed by atoms with Gasteiger partial charge < -0.3 is 28.8 Å². The van der Waals surface area contributed by atoms with E-state index in [-0.39, 0.29) is 12.5 Å². The molecule has 57 heavy (non-hydrogen) atoms. The molecule has 334 valence electrons. The number of amides is 1. The van der Waals surface area contributed by atoms with Crippen LogP contribution in [0.15, 0.2) is 48.6 Å². The molecule has 0 bridgehead atoms. The van der Waals surface area contributed by atoms with Crippen LogP contribution >= 0.6 is 7.82 Å². The number of hydrogen-bond acceptors (Lipinski definition) is 6. The van der Waals surface area contributed by atoms with E-state index >= 15 is 0 Å². The quantitative estimate of drug-likeness (QED) is 0.0275. The Kier molecular flexibility index (Phi) is 38.8. The molecule has 0 aromatic rings. The number of aliphatic hydroxyl groups is 1. The molecular formula is C48H91N2O6P. The number of likely N-dealkylation sites (N-methyl/N-ethyl adjacent to an activating group) is 1. The van der Waals surface area contributed by atoms with Gasteiger partial charge in [-0.25, -0.2) is 0 Å². The maximum atomic E-state index is 12.9. The van der Waals surface area contributed by atoms with Crippen molar-refractivity contribution in [2.75, 3.05) is 40.9 Å². The summed E-state index contributed by atoms with van der Waals surface area (Å²) < 4.78 is 23.2. The van der Waals surface area contributed by atoms with Crippen LogP contribution in [0.1, 0.15) is 200 Å². The molecule has 0 aliphatic heterocycles. The smallest absolute Gasteiger partial charge is 0.268 e. The zero-order valence-corrected chi connectivity index (χ0v) is 38.7. The van der Waals surface area contributed by atoms with Crippen LogP contribution in [0.5, 0.6) is 0 Å². The summed E-state index contributed by atoms with van der Waals surface area (Å²) in [5.41, 5.74) is 0. The van der Waals surface area contributed by atoms with Crippen LogP contribution in [0, 0.1) is 0 Å². The summed E-state index contributed by atoms with van der Waals surface area (Å²) in [4.78, 5) is 25.3. The van der Waals surface area contributed by atoms with Crippen molar-refractivity contribution in [1.82, 2.24) is 5.32 Å². The second-order valence-corrected chi connectivity index (χ2v) is 18.5. The number of carbonyl (C=O) groups is 1. The van der Waals surface area contributed by atoms with Gasteiger partial charge in [0.15, 0.2) is 0 Å². The molecule has 1 amide bonds. The number of quaternary nitrogens is 1. The van der Waals surface area contributed by atoms with Crippen LogP contribution in [0.4, 0.5) is 0 Å². The number of phosphoric ester groups is 1. The van der Waals surface area contributed by atoms with Gasteiger partial charge in [-0.15, -0.1) is 0 Å². The second kappa shape index (κ2) is 39.9. The van der Waals surface area contributed by atoms with E-state index in [4.69, 9.17) is 9.05 Å². The van der Waals surface area contributed by atoms with Crippen molar-refractivity contribution in [3.63, 3.8) is 0 Å². The first-order valence-corrected chi connectivity index (χ1v) is 25.0. The molecule has 3 atom stereocenters. The summed E-state index contributed by atoms with van der Waals surface area (Å²) in [6, 6.07) is -0.913. The summed E-state index contributed by atoms with van der Waals surface area (Å²) in [5.74, 6) is -0.221. The first-order valence-electron chi connectivity index (χ1n) is 23.5. The van der Waals surface area contributed by atoms with Crippen molar-refractivity contribution in [1.29, 1.82) is 0 Å². The second-order valence-electron chi connectivity index (χ2n) is 17.1. The van der Waals surface area contributed by atoms with Gasteiger partial charge >= 0.3 is 0 Å². The maximum absolute atomic E-state index is 12.9. The molecule has 0 fully saturated rings. The number of carbonyl (C=O) groups excluding carboxylic acids is 1. The van der Waals surface area contributed by atoms with Gasteiger partial charge in [0.2, 0.25) is 5.91 Å². The molecule has 0 aromatic heterocycles. The van der Waals surface area contributed by atoms with E-state index in [1.54, 1.807) is 6.08 Å². The molecule has 0 heterocycles. The lowest BCUT2D eigenvalue weighted by atomic mass is 10.1. The van der Waals surface area contributed by atoms with Crippen LogP contribution in [0.3, 0.4) is 0 Å².